The summed E-state index contributed by atoms with van der Waals surface area (Å²) >= 11 is -1.45. The Morgan fingerprint density at radius 3 is 2.00 bits per heavy atom. The van der Waals surface area contributed by atoms with Gasteiger partial charge in [0.05, 0.1) is 0 Å². The zero-order valence-corrected chi connectivity index (χ0v) is 21.0. The van der Waals surface area contributed by atoms with E-state index in [1.54, 1.807) is 20.6 Å². The average molecular weight is 433 g/mol. The third-order valence-electron chi connectivity index (χ3n) is 5.36. The fraction of sp³-hybridized carbons (Fsp3) is 0.500. The predicted octanol–water partition coefficient (Wildman–Crippen LogP) is 0.00660. The van der Waals surface area contributed by atoms with E-state index in [-0.39, 0.29) is 24.8 Å². The summed E-state index contributed by atoms with van der Waals surface area (Å²) in [7, 11) is 0. The standard InChI is InChI=1S/C9H12N.C9H13.C2H7Si.2ClH.Ti/c1-7(2)8-5-3-4-6-9(8)10;1-6-5-7(2)9(4)8(6)3;1-3-2;;;/h3-7,10H,1-2H3;6H,1-4H3;3H,1-2H3;2*1H;/q-1;;;;;+3/p-2. The Balaban J connectivity index is 0.00000288. The van der Waals surface area contributed by atoms with Crippen LogP contribution in [0.15, 0.2) is 44.9 Å². The second kappa shape index (κ2) is 10.4. The molecule has 0 radical (unpaired) electrons. The van der Waals surface area contributed by atoms with Crippen LogP contribution in [0.25, 0.3) is 0 Å². The summed E-state index contributed by atoms with van der Waals surface area (Å²) in [5.74, 6) is 1.23. The second-order valence-electron chi connectivity index (χ2n) is 7.50. The molecule has 0 spiro atoms. The van der Waals surface area contributed by atoms with Crippen molar-refractivity contribution < 1.29 is 42.2 Å². The van der Waals surface area contributed by atoms with Gasteiger partial charge in [-0.1, -0.05) is 0 Å². The maximum atomic E-state index is 4.12. The fourth-order valence-corrected chi connectivity index (χ4v) is 14.3. The molecule has 0 saturated carbocycles. The molecule has 0 saturated heterocycles. The largest absolute Gasteiger partial charge is 1.00 e. The van der Waals surface area contributed by atoms with E-state index in [0.29, 0.717) is 11.8 Å². The predicted molar refractivity (Wildman–Crippen MR) is 103 cm³/mol. The van der Waals surface area contributed by atoms with E-state index in [0.717, 1.165) is 0 Å². The zero-order valence-electron chi connectivity index (χ0n) is 16.8. The zero-order chi connectivity index (χ0) is 17.3. The molecule has 1 nitrogen and oxygen atoms in total. The first-order valence-corrected chi connectivity index (χ1v) is 16.0. The number of anilines is 1. The van der Waals surface area contributed by atoms with Crippen molar-refractivity contribution in [3.8, 4) is 0 Å². The molecule has 1 aromatic carbocycles. The number of benzene rings is 1. The molecule has 0 heterocycles. The van der Waals surface area contributed by atoms with E-state index < -0.39 is 24.0 Å². The molecule has 1 unspecified atom stereocenters. The third kappa shape index (κ3) is 5.26. The van der Waals surface area contributed by atoms with Crippen LogP contribution in [0, 0.1) is 5.92 Å². The van der Waals surface area contributed by atoms with Gasteiger partial charge < -0.3 is 24.8 Å². The van der Waals surface area contributed by atoms with Gasteiger partial charge in [-0.3, -0.25) is 0 Å². The molecule has 25 heavy (non-hydrogen) atoms. The summed E-state index contributed by atoms with van der Waals surface area (Å²) < 4.78 is 5.92. The van der Waals surface area contributed by atoms with Gasteiger partial charge in [-0.25, -0.2) is 0 Å². The van der Waals surface area contributed by atoms with Gasteiger partial charge in [-0.2, -0.15) is 0 Å². The number of hydrogen-bond donors (Lipinski definition) is 1. The van der Waals surface area contributed by atoms with Crippen LogP contribution in [0.3, 0.4) is 0 Å². The monoisotopic (exact) mass is 432 g/mol. The van der Waals surface area contributed by atoms with Crippen LogP contribution in [0.2, 0.25) is 13.1 Å². The van der Waals surface area contributed by atoms with Crippen molar-refractivity contribution in [1.82, 2.24) is 0 Å². The number of para-hydroxylation sites is 1. The summed E-state index contributed by atoms with van der Waals surface area (Å²) in [6.45, 7) is 18.4. The topological polar surface area (TPSA) is 12.0 Å². The first kappa shape index (κ1) is 25.0. The third-order valence-corrected chi connectivity index (χ3v) is 16.8. The van der Waals surface area contributed by atoms with E-state index in [2.05, 4.69) is 82.7 Å². The molecule has 1 aliphatic rings. The van der Waals surface area contributed by atoms with Crippen LogP contribution in [0.4, 0.5) is 5.69 Å². The molecule has 1 atom stereocenters. The first-order chi connectivity index (χ1) is 10.8. The Morgan fingerprint density at radius 1 is 1.00 bits per heavy atom. The van der Waals surface area contributed by atoms with Crippen LogP contribution in [0.5, 0.6) is 0 Å². The minimum absolute atomic E-state index is 0. The van der Waals surface area contributed by atoms with Crippen molar-refractivity contribution in [2.45, 2.75) is 60.6 Å². The Morgan fingerprint density at radius 2 is 1.56 bits per heavy atom. The molecule has 1 aliphatic carbocycles. The number of halogens is 2. The molecule has 5 heteroatoms. The van der Waals surface area contributed by atoms with Gasteiger partial charge in [0, 0.05) is 0 Å². The summed E-state index contributed by atoms with van der Waals surface area (Å²) in [4.78, 5) is 0. The van der Waals surface area contributed by atoms with Gasteiger partial charge >= 0.3 is 150 Å². The molecule has 0 bridgehead atoms. The van der Waals surface area contributed by atoms with E-state index >= 15 is 0 Å². The first-order valence-electron chi connectivity index (χ1n) is 8.87. The molecule has 1 N–H and O–H groups in total. The van der Waals surface area contributed by atoms with Crippen LogP contribution < -0.4 is 28.6 Å². The Hall–Kier alpha value is 0.0112. The van der Waals surface area contributed by atoms with Gasteiger partial charge in [-0.15, -0.1) is 0 Å². The van der Waals surface area contributed by atoms with Gasteiger partial charge in [0.25, 0.3) is 0 Å². The molecular formula is C20H32Cl2NSiTi. The van der Waals surface area contributed by atoms with Crippen molar-refractivity contribution in [3.63, 3.8) is 0 Å². The van der Waals surface area contributed by atoms with Crippen LogP contribution in [0.1, 0.15) is 53.0 Å². The maximum absolute atomic E-state index is 4.12. The molecule has 0 fully saturated rings. The van der Waals surface area contributed by atoms with Crippen molar-refractivity contribution in [2.75, 3.05) is 3.80 Å². The summed E-state index contributed by atoms with van der Waals surface area (Å²) in [5.41, 5.74) is 7.61. The average Bonchev–Trinajstić information content (AvgIpc) is 2.69. The molecule has 2 rings (SSSR count). The van der Waals surface area contributed by atoms with E-state index in [9.17, 15) is 0 Å². The summed E-state index contributed by atoms with van der Waals surface area (Å²) in [6, 6.07) is 8.94. The van der Waals surface area contributed by atoms with Gasteiger partial charge in [0.15, 0.2) is 0 Å². The second-order valence-corrected chi connectivity index (χ2v) is 20.1. The Kier molecular flexibility index (Phi) is 10.4. The Labute approximate surface area is 174 Å². The summed E-state index contributed by atoms with van der Waals surface area (Å²) in [6.07, 6.45) is 0. The SMILES string of the molecule is CC1=C(C)C(C)[C]([Ti+2]([NH]c2ccccc2C(C)C)[SiH](C)C)=C1C.[Cl-].[Cl-]. The quantitative estimate of drug-likeness (QED) is 0.646. The van der Waals surface area contributed by atoms with Crippen LogP contribution in [-0.2, 0) is 17.4 Å². The van der Waals surface area contributed by atoms with E-state index in [1.807, 2.05) is 0 Å². The molecule has 139 valence electrons. The van der Waals surface area contributed by atoms with E-state index in [1.165, 1.54) is 11.3 Å². The fourth-order valence-electron chi connectivity index (χ4n) is 3.58. The van der Waals surface area contributed by atoms with Gasteiger partial charge in [0.1, 0.15) is 0 Å². The molecule has 0 amide bonds. The number of nitrogens with one attached hydrogen (secondary N) is 1. The molecule has 0 aliphatic heterocycles. The molecule has 0 aromatic heterocycles. The van der Waals surface area contributed by atoms with Gasteiger partial charge in [0.2, 0.25) is 0 Å². The molecular weight excluding hydrogens is 401 g/mol. The van der Waals surface area contributed by atoms with Crippen molar-refractivity contribution in [1.29, 1.82) is 0 Å². The number of hydrogen-bond acceptors (Lipinski definition) is 1. The normalized spacial score (nSPS) is 17.0. The van der Waals surface area contributed by atoms with Crippen molar-refractivity contribution in [2.24, 2.45) is 5.92 Å². The smallest absolute Gasteiger partial charge is 1.00 e. The van der Waals surface area contributed by atoms with Gasteiger partial charge in [-0.05, 0) is 0 Å². The summed E-state index contributed by atoms with van der Waals surface area (Å²) in [5, 5.41) is 0. The minimum Gasteiger partial charge on any atom is -1.00 e. The minimum atomic E-state index is -1.45. The Bertz CT molecular complexity index is 653. The van der Waals surface area contributed by atoms with Crippen molar-refractivity contribution in [3.05, 3.63) is 50.4 Å². The van der Waals surface area contributed by atoms with E-state index in [4.69, 9.17) is 0 Å². The number of allylic oxidation sites excluding steroid dienone is 4. The van der Waals surface area contributed by atoms with Crippen molar-refractivity contribution >= 4 is 12.4 Å². The maximum Gasteiger partial charge on any atom is -1.00 e. The van der Waals surface area contributed by atoms with Crippen LogP contribution in [-0.4, -0.2) is 6.66 Å². The number of rotatable bonds is 5. The van der Waals surface area contributed by atoms with Crippen LogP contribution >= 0.6 is 0 Å². The molecule has 1 aromatic rings.